The van der Waals surface area contributed by atoms with Gasteiger partial charge in [-0.15, -0.1) is 23.9 Å². The Labute approximate surface area is 92.6 Å². The van der Waals surface area contributed by atoms with Crippen LogP contribution >= 0.6 is 11.6 Å². The van der Waals surface area contributed by atoms with Crippen molar-refractivity contribution in [3.63, 3.8) is 0 Å². The fourth-order valence-corrected chi connectivity index (χ4v) is 2.94. The molecular weight excluding hydrogens is 208 g/mol. The normalized spacial score (nSPS) is 13.7. The first-order chi connectivity index (χ1) is 6.47. The molecular formula is C12H17ClSi. The van der Waals surface area contributed by atoms with Gasteiger partial charge in [0.25, 0.3) is 0 Å². The van der Waals surface area contributed by atoms with Crippen molar-refractivity contribution in [1.29, 1.82) is 0 Å². The zero-order chi connectivity index (χ0) is 10.8. The van der Waals surface area contributed by atoms with Crippen molar-refractivity contribution in [3.05, 3.63) is 47.7 Å². The van der Waals surface area contributed by atoms with Crippen molar-refractivity contribution in [2.75, 3.05) is 0 Å². The van der Waals surface area contributed by atoms with E-state index in [9.17, 15) is 0 Å². The molecule has 0 N–H and O–H groups in total. The van der Waals surface area contributed by atoms with Crippen LogP contribution in [0.3, 0.4) is 0 Å². The highest BCUT2D eigenvalue weighted by molar-refractivity contribution is 6.88. The summed E-state index contributed by atoms with van der Waals surface area (Å²) < 4.78 is 0. The largest absolute Gasteiger partial charge is 0.121 e. The van der Waals surface area contributed by atoms with Crippen LogP contribution in [-0.4, -0.2) is 8.07 Å². The summed E-state index contributed by atoms with van der Waals surface area (Å²) in [6.45, 7) is 10.4. The van der Waals surface area contributed by atoms with E-state index < -0.39 is 8.07 Å². The third-order valence-electron chi connectivity index (χ3n) is 2.55. The molecule has 1 unspecified atom stereocenters. The zero-order valence-corrected chi connectivity index (χ0v) is 10.8. The van der Waals surface area contributed by atoms with Crippen LogP contribution in [0.2, 0.25) is 13.1 Å². The van der Waals surface area contributed by atoms with E-state index in [1.54, 1.807) is 0 Å². The van der Waals surface area contributed by atoms with E-state index in [1.807, 2.05) is 5.70 Å². The molecule has 76 valence electrons. The molecule has 2 heteroatoms. The van der Waals surface area contributed by atoms with Crippen LogP contribution in [0.25, 0.3) is 0 Å². The molecule has 0 amide bonds. The van der Waals surface area contributed by atoms with Gasteiger partial charge >= 0.3 is 0 Å². The highest BCUT2D eigenvalue weighted by Crippen LogP contribution is 2.31. The summed E-state index contributed by atoms with van der Waals surface area (Å²) in [5.41, 5.74) is 4.54. The molecule has 0 aliphatic carbocycles. The van der Waals surface area contributed by atoms with Gasteiger partial charge in [-0.3, -0.25) is 0 Å². The fourth-order valence-electron chi connectivity index (χ4n) is 1.27. The fraction of sp³-hybridized carbons (Fsp3) is 0.333. The third kappa shape index (κ3) is 2.49. The minimum absolute atomic E-state index is 0.126. The number of hydrogen-bond donors (Lipinski definition) is 0. The van der Waals surface area contributed by atoms with E-state index in [0.29, 0.717) is 0 Å². The van der Waals surface area contributed by atoms with Crippen LogP contribution in [0.15, 0.2) is 36.5 Å². The molecule has 0 heterocycles. The molecule has 14 heavy (non-hydrogen) atoms. The maximum Gasteiger partial charge on any atom is 0.0960 e. The van der Waals surface area contributed by atoms with E-state index in [4.69, 9.17) is 11.6 Å². The highest BCUT2D eigenvalue weighted by Gasteiger charge is 2.27. The first kappa shape index (κ1) is 11.5. The first-order valence-corrected chi connectivity index (χ1v) is 8.40. The molecule has 1 aromatic carbocycles. The maximum absolute atomic E-state index is 6.44. The molecule has 0 aliphatic rings. The molecule has 0 bridgehead atoms. The predicted octanol–water partition coefficient (Wildman–Crippen LogP) is 4.25. The second kappa shape index (κ2) is 4.33. The molecule has 0 fully saturated rings. The lowest BCUT2D eigenvalue weighted by Gasteiger charge is -2.24. The van der Waals surface area contributed by atoms with E-state index >= 15 is 0 Å². The number of aryl methyl sites for hydroxylation is 1. The van der Waals surface area contributed by atoms with Crippen LogP contribution in [0, 0.1) is 6.92 Å². The second-order valence-corrected chi connectivity index (χ2v) is 9.73. The van der Waals surface area contributed by atoms with Gasteiger partial charge in [0.1, 0.15) is 0 Å². The molecule has 0 spiro atoms. The maximum atomic E-state index is 6.44. The van der Waals surface area contributed by atoms with Crippen LogP contribution in [0.4, 0.5) is 0 Å². The Hall–Kier alpha value is -0.533. The van der Waals surface area contributed by atoms with Crippen molar-refractivity contribution >= 4 is 19.7 Å². The number of alkyl halides is 1. The van der Waals surface area contributed by atoms with Crippen LogP contribution in [0.5, 0.6) is 0 Å². The Kier molecular flexibility index (Phi) is 3.57. The van der Waals surface area contributed by atoms with Gasteiger partial charge in [0, 0.05) is 0 Å². The zero-order valence-electron chi connectivity index (χ0n) is 9.05. The Balaban J connectivity index is 2.95. The van der Waals surface area contributed by atoms with Gasteiger partial charge < -0.3 is 0 Å². The molecule has 0 radical (unpaired) electrons. The molecule has 0 aliphatic heterocycles. The van der Waals surface area contributed by atoms with Crippen LogP contribution in [0.1, 0.15) is 16.1 Å². The number of halogens is 1. The van der Waals surface area contributed by atoms with Crippen molar-refractivity contribution < 1.29 is 0 Å². The standard InChI is InChI=1S/C12H17ClSi/c1-5-14(3,4)12(13)11-8-6-10(2)7-9-11/h5-9,12H,1H2,2-4H3. The first-order valence-electron chi connectivity index (χ1n) is 4.81. The van der Waals surface area contributed by atoms with Crippen LogP contribution < -0.4 is 0 Å². The SMILES string of the molecule is C=C[Si](C)(C)C(Cl)c1ccc(C)cc1. The second-order valence-electron chi connectivity index (χ2n) is 4.30. The average molecular weight is 225 g/mol. The van der Waals surface area contributed by atoms with Gasteiger partial charge in [0.2, 0.25) is 0 Å². The van der Waals surface area contributed by atoms with E-state index in [0.717, 1.165) is 0 Å². The van der Waals surface area contributed by atoms with Crippen LogP contribution in [-0.2, 0) is 0 Å². The van der Waals surface area contributed by atoms with Gasteiger partial charge in [0.05, 0.1) is 13.1 Å². The highest BCUT2D eigenvalue weighted by atomic mass is 35.5. The van der Waals surface area contributed by atoms with Gasteiger partial charge in [-0.25, -0.2) is 0 Å². The van der Waals surface area contributed by atoms with Crippen molar-refractivity contribution in [1.82, 2.24) is 0 Å². The summed E-state index contributed by atoms with van der Waals surface area (Å²) in [6, 6.07) is 8.45. The van der Waals surface area contributed by atoms with Crippen molar-refractivity contribution in [3.8, 4) is 0 Å². The lowest BCUT2D eigenvalue weighted by atomic mass is 10.2. The topological polar surface area (TPSA) is 0 Å². The van der Waals surface area contributed by atoms with Crippen molar-refractivity contribution in [2.45, 2.75) is 25.0 Å². The number of hydrogen-bond acceptors (Lipinski definition) is 0. The predicted molar refractivity (Wildman–Crippen MR) is 67.5 cm³/mol. The molecule has 0 saturated carbocycles. The molecule has 0 nitrogen and oxygen atoms in total. The quantitative estimate of drug-likeness (QED) is 0.532. The molecule has 1 rings (SSSR count). The van der Waals surface area contributed by atoms with E-state index in [1.165, 1.54) is 11.1 Å². The van der Waals surface area contributed by atoms with Gasteiger partial charge in [-0.2, -0.15) is 0 Å². The smallest absolute Gasteiger partial charge is 0.0960 e. The average Bonchev–Trinajstić information content (AvgIpc) is 2.18. The van der Waals surface area contributed by atoms with Gasteiger partial charge in [-0.05, 0) is 12.5 Å². The monoisotopic (exact) mass is 224 g/mol. The summed E-state index contributed by atoms with van der Waals surface area (Å²) in [5.74, 6) is 0. The lowest BCUT2D eigenvalue weighted by molar-refractivity contribution is 1.26. The minimum atomic E-state index is -1.51. The summed E-state index contributed by atoms with van der Waals surface area (Å²) in [5, 5.41) is 0.126. The molecule has 1 atom stereocenters. The number of rotatable bonds is 3. The molecule has 1 aromatic rings. The summed E-state index contributed by atoms with van der Waals surface area (Å²) in [6.07, 6.45) is 0. The number of benzene rings is 1. The van der Waals surface area contributed by atoms with E-state index in [-0.39, 0.29) is 5.00 Å². The van der Waals surface area contributed by atoms with E-state index in [2.05, 4.69) is 50.9 Å². The minimum Gasteiger partial charge on any atom is -0.121 e. The van der Waals surface area contributed by atoms with Gasteiger partial charge in [-0.1, -0.05) is 42.9 Å². The summed E-state index contributed by atoms with van der Waals surface area (Å²) in [7, 11) is -1.51. The Morgan fingerprint density at radius 1 is 1.29 bits per heavy atom. The summed E-state index contributed by atoms with van der Waals surface area (Å²) >= 11 is 6.44. The third-order valence-corrected chi connectivity index (χ3v) is 7.18. The van der Waals surface area contributed by atoms with Gasteiger partial charge in [0.15, 0.2) is 0 Å². The summed E-state index contributed by atoms with van der Waals surface area (Å²) in [4.78, 5) is 0. The molecule has 0 aromatic heterocycles. The Morgan fingerprint density at radius 2 is 1.79 bits per heavy atom. The molecule has 0 saturated heterocycles. The Morgan fingerprint density at radius 3 is 2.21 bits per heavy atom. The van der Waals surface area contributed by atoms with Crippen molar-refractivity contribution in [2.24, 2.45) is 0 Å². The lowest BCUT2D eigenvalue weighted by Crippen LogP contribution is -2.29. The Bertz CT molecular complexity index is 314.